The van der Waals surface area contributed by atoms with Gasteiger partial charge in [-0.25, -0.2) is 26.3 Å². The van der Waals surface area contributed by atoms with Crippen LogP contribution >= 0.6 is 31.9 Å². The van der Waals surface area contributed by atoms with E-state index in [1.165, 1.54) is 0 Å². The van der Waals surface area contributed by atoms with E-state index in [2.05, 4.69) is 51.0 Å². The number of hydrogen-bond acceptors (Lipinski definition) is 6. The van der Waals surface area contributed by atoms with Crippen LogP contribution in [0.2, 0.25) is 0 Å². The Morgan fingerprint density at radius 3 is 1.65 bits per heavy atom. The molecule has 0 aliphatic heterocycles. The number of rotatable bonds is 9. The Morgan fingerprint density at radius 2 is 1.20 bits per heavy atom. The second-order valence-electron chi connectivity index (χ2n) is 13.1. The summed E-state index contributed by atoms with van der Waals surface area (Å²) in [4.78, 5) is 21.7. The van der Waals surface area contributed by atoms with E-state index in [1.54, 1.807) is 4.90 Å². The lowest BCUT2D eigenvalue weighted by molar-refractivity contribution is -0.387. The van der Waals surface area contributed by atoms with Gasteiger partial charge in [0, 0.05) is 68.6 Å². The molecule has 0 heterocycles. The fourth-order valence-corrected chi connectivity index (χ4v) is 6.04. The third-order valence-electron chi connectivity index (χ3n) is 7.93. The van der Waals surface area contributed by atoms with Gasteiger partial charge in [-0.1, -0.05) is 27.7 Å². The van der Waals surface area contributed by atoms with Crippen molar-refractivity contribution in [2.75, 3.05) is 18.0 Å². The zero-order valence-corrected chi connectivity index (χ0v) is 30.7. The van der Waals surface area contributed by atoms with Gasteiger partial charge in [0.2, 0.25) is 17.7 Å². The molecule has 0 radical (unpaired) electrons. The molecule has 2 aromatic rings. The lowest BCUT2D eigenvalue weighted by Gasteiger charge is -2.39. The number of anilines is 1. The number of alkyl halides is 4. The predicted molar refractivity (Wildman–Crippen MR) is 181 cm³/mol. The Bertz CT molecular complexity index is 1410. The smallest absolute Gasteiger partial charge is 0.306 e. The molecule has 0 unspecified atom stereocenters. The van der Waals surface area contributed by atoms with Gasteiger partial charge in [0.05, 0.1) is 18.8 Å². The molecule has 2 fully saturated rings. The zero-order chi connectivity index (χ0) is 37.3. The maximum absolute atomic E-state index is 14.0. The highest BCUT2D eigenvalue weighted by molar-refractivity contribution is 9.10. The summed E-state index contributed by atoms with van der Waals surface area (Å²) in [7, 11) is 0. The van der Waals surface area contributed by atoms with Crippen LogP contribution in [0.1, 0.15) is 79.1 Å². The van der Waals surface area contributed by atoms with Gasteiger partial charge in [-0.3, -0.25) is 20.2 Å². The van der Waals surface area contributed by atoms with Crippen LogP contribution in [0.3, 0.4) is 0 Å². The van der Waals surface area contributed by atoms with E-state index >= 15 is 0 Å². The molecule has 0 amide bonds. The highest BCUT2D eigenvalue weighted by atomic mass is 79.9. The summed E-state index contributed by atoms with van der Waals surface area (Å²) in [6, 6.07) is 3.56. The molecule has 2 aliphatic rings. The monoisotopic (exact) mass is 836 g/mol. The number of nitrogens with zero attached hydrogens (tertiary/aromatic N) is 3. The molecule has 17 heteroatoms. The van der Waals surface area contributed by atoms with Gasteiger partial charge in [0.25, 0.3) is 5.69 Å². The molecule has 0 saturated heterocycles. The molecule has 0 spiro atoms. The van der Waals surface area contributed by atoms with Gasteiger partial charge in [0.1, 0.15) is 17.3 Å². The third kappa shape index (κ3) is 14.0. The van der Waals surface area contributed by atoms with E-state index in [-0.39, 0.29) is 70.8 Å². The second kappa shape index (κ2) is 18.6. The Balaban J connectivity index is 0.000000281. The van der Waals surface area contributed by atoms with E-state index in [4.69, 9.17) is 0 Å². The van der Waals surface area contributed by atoms with Gasteiger partial charge in [0.15, 0.2) is 0 Å². The minimum atomic E-state index is -2.68. The van der Waals surface area contributed by atoms with Crippen molar-refractivity contribution in [1.29, 1.82) is 0 Å². The summed E-state index contributed by atoms with van der Waals surface area (Å²) in [5, 5.41) is 24.8. The van der Waals surface area contributed by atoms with Crippen LogP contribution in [0.25, 0.3) is 0 Å². The topological polar surface area (TPSA) is 102 Å². The molecule has 1 N–H and O–H groups in total. The second-order valence-corrected chi connectivity index (χ2v) is 14.8. The van der Waals surface area contributed by atoms with Crippen molar-refractivity contribution in [2.45, 2.75) is 103 Å². The Hall–Kier alpha value is -2.53. The van der Waals surface area contributed by atoms with Crippen LogP contribution in [0.4, 0.5) is 47.8 Å². The van der Waals surface area contributed by atoms with Crippen LogP contribution < -0.4 is 10.2 Å². The lowest BCUT2D eigenvalue weighted by atomic mass is 9.90. The van der Waals surface area contributed by atoms with Gasteiger partial charge in [-0.05, 0) is 75.9 Å². The van der Waals surface area contributed by atoms with Crippen molar-refractivity contribution in [3.05, 3.63) is 70.9 Å². The van der Waals surface area contributed by atoms with Crippen molar-refractivity contribution in [2.24, 2.45) is 11.8 Å². The molecule has 2 aliphatic carbocycles. The van der Waals surface area contributed by atoms with Crippen molar-refractivity contribution in [1.82, 2.24) is 5.32 Å². The fraction of sp³-hybridized carbons (Fsp3) is 0.625. The maximum atomic E-state index is 14.0. The Labute approximate surface area is 297 Å². The average Bonchev–Trinajstić information content (AvgIpc) is 2.99. The standard InChI is InChI=1S/C16H20BrF3N2O2.C10H19F2N.C6H2BrF2NO2/c1-10(2)9-21(11-3-5-16(19,20)6-4-11)14-8-13(18)12(17)7-15(14)22(23)24;1-8(2)7-13-9-3-5-10(11,12)6-4-9;7-3-1-6(10(11)12)5(9)2-4(3)8/h7-8,10-11H,3-6,9H2,1-2H3;8-9,13H,3-7H2,1-2H3;1-2H. The van der Waals surface area contributed by atoms with Crippen LogP contribution in [0, 0.1) is 49.5 Å². The number of benzene rings is 2. The molecule has 0 aromatic heterocycles. The molecule has 2 saturated carbocycles. The number of hydrogen-bond donors (Lipinski definition) is 1. The van der Waals surface area contributed by atoms with E-state index in [9.17, 15) is 51.0 Å². The zero-order valence-electron chi connectivity index (χ0n) is 27.6. The summed E-state index contributed by atoms with van der Waals surface area (Å²) in [6.45, 7) is 9.51. The maximum Gasteiger partial charge on any atom is 0.306 e. The van der Waals surface area contributed by atoms with E-state index < -0.39 is 44.8 Å². The molecule has 49 heavy (non-hydrogen) atoms. The number of nitro benzene ring substituents is 2. The Morgan fingerprint density at radius 1 is 0.755 bits per heavy atom. The van der Waals surface area contributed by atoms with Gasteiger partial charge >= 0.3 is 5.69 Å². The summed E-state index contributed by atoms with van der Waals surface area (Å²) in [5.41, 5.74) is -0.811. The largest absolute Gasteiger partial charge is 0.363 e. The molecule has 4 rings (SSSR count). The van der Waals surface area contributed by atoms with Crippen LogP contribution in [-0.4, -0.2) is 46.9 Å². The highest BCUT2D eigenvalue weighted by Gasteiger charge is 2.39. The van der Waals surface area contributed by atoms with Crippen LogP contribution in [-0.2, 0) is 0 Å². The van der Waals surface area contributed by atoms with Crippen molar-refractivity contribution in [3.63, 3.8) is 0 Å². The first-order valence-electron chi connectivity index (χ1n) is 15.8. The first-order valence-corrected chi connectivity index (χ1v) is 17.4. The summed E-state index contributed by atoms with van der Waals surface area (Å²) in [6.07, 6.45) is 1.33. The van der Waals surface area contributed by atoms with Gasteiger partial charge in [-0.15, -0.1) is 0 Å². The molecule has 0 atom stereocenters. The third-order valence-corrected chi connectivity index (χ3v) is 9.15. The van der Waals surface area contributed by atoms with E-state index in [1.807, 2.05) is 13.8 Å². The first kappa shape index (κ1) is 42.6. The van der Waals surface area contributed by atoms with Crippen molar-refractivity contribution in [3.8, 4) is 0 Å². The summed E-state index contributed by atoms with van der Waals surface area (Å²) in [5.74, 6) is -6.97. The van der Waals surface area contributed by atoms with Crippen LogP contribution in [0.5, 0.6) is 0 Å². The molecule has 2 aromatic carbocycles. The van der Waals surface area contributed by atoms with Crippen molar-refractivity contribution < 1.29 is 40.6 Å². The summed E-state index contributed by atoms with van der Waals surface area (Å²) < 4.78 is 91.3. The van der Waals surface area contributed by atoms with E-state index in [0.717, 1.165) is 24.7 Å². The number of nitrogens with one attached hydrogen (secondary N) is 1. The van der Waals surface area contributed by atoms with Crippen LogP contribution in [0.15, 0.2) is 33.2 Å². The summed E-state index contributed by atoms with van der Waals surface area (Å²) >= 11 is 5.66. The quantitative estimate of drug-likeness (QED) is 0.117. The average molecular weight is 838 g/mol. The first-order chi connectivity index (χ1) is 22.6. The number of halogens is 9. The van der Waals surface area contributed by atoms with E-state index in [0.29, 0.717) is 37.4 Å². The minimum Gasteiger partial charge on any atom is -0.363 e. The molecule has 276 valence electrons. The Kier molecular flexibility index (Phi) is 16.2. The SMILES string of the molecule is CC(C)CN(c1cc(F)c(Br)cc1[N+](=O)[O-])C1CCC(F)(F)CC1.CC(C)CNC1CCC(F)(F)CC1.O=[N+]([O-])c1cc(Br)c(F)cc1F. The fourth-order valence-electron chi connectivity index (χ4n) is 5.37. The molecule has 0 bridgehead atoms. The normalized spacial score (nSPS) is 17.5. The van der Waals surface area contributed by atoms with Gasteiger partial charge < -0.3 is 10.2 Å². The predicted octanol–water partition coefficient (Wildman–Crippen LogP) is 11.0. The highest BCUT2D eigenvalue weighted by Crippen LogP contribution is 2.41. The molecule has 8 nitrogen and oxygen atoms in total. The minimum absolute atomic E-state index is 0.0117. The molecular formula is C32H41Br2F7N4O4. The molecular weight excluding hydrogens is 797 g/mol. The van der Waals surface area contributed by atoms with Gasteiger partial charge in [-0.2, -0.15) is 4.39 Å². The number of nitro groups is 2. The van der Waals surface area contributed by atoms with Crippen molar-refractivity contribution >= 4 is 48.9 Å². The lowest BCUT2D eigenvalue weighted by Crippen LogP contribution is -2.43.